The Hall–Kier alpha value is -1.15. The maximum absolute atomic E-state index is 12.8. The number of ketones is 1. The predicted octanol–water partition coefficient (Wildman–Crippen LogP) is 4.43. The average molecular weight is 289 g/mol. The first-order valence-electron chi connectivity index (χ1n) is 8.26. The van der Waals surface area contributed by atoms with Crippen molar-refractivity contribution in [2.24, 2.45) is 0 Å². The van der Waals surface area contributed by atoms with E-state index in [1.807, 2.05) is 0 Å². The van der Waals surface area contributed by atoms with E-state index in [-0.39, 0.29) is 5.54 Å². The normalized spacial score (nSPS) is 14.5. The van der Waals surface area contributed by atoms with Crippen molar-refractivity contribution >= 4 is 5.78 Å². The highest BCUT2D eigenvalue weighted by Gasteiger charge is 2.35. The van der Waals surface area contributed by atoms with Gasteiger partial charge in [0.05, 0.1) is 5.54 Å². The van der Waals surface area contributed by atoms with E-state index in [1.54, 1.807) is 0 Å². The zero-order valence-corrected chi connectivity index (χ0v) is 14.6. The maximum atomic E-state index is 12.8. The number of Topliss-reactive ketones (excluding diaryl/α,β-unsaturated/α-hetero) is 1. The molecule has 1 rings (SSSR count). The van der Waals surface area contributed by atoms with Crippen LogP contribution in [0.1, 0.15) is 65.0 Å². The minimum atomic E-state index is -0.347. The molecule has 21 heavy (non-hydrogen) atoms. The highest BCUT2D eigenvalue weighted by atomic mass is 16.1. The largest absolute Gasteiger partial charge is 0.297 e. The molecular weight excluding hydrogens is 258 g/mol. The van der Waals surface area contributed by atoms with Gasteiger partial charge in [0.1, 0.15) is 0 Å². The molecule has 2 nitrogen and oxygen atoms in total. The van der Waals surface area contributed by atoms with Gasteiger partial charge in [0.25, 0.3) is 0 Å². The standard InChI is InChI=1S/C19H31NO/c1-7-19(6,20(8-2)9-3)18(21)14-16-10-12-17(13-11-16)15(4)5/h10-13,15H,7-9,14H2,1-6H3. The van der Waals surface area contributed by atoms with E-state index in [0.29, 0.717) is 18.1 Å². The summed E-state index contributed by atoms with van der Waals surface area (Å²) in [7, 11) is 0. The van der Waals surface area contributed by atoms with Gasteiger partial charge in [-0.15, -0.1) is 0 Å². The molecule has 1 aromatic carbocycles. The van der Waals surface area contributed by atoms with Crippen molar-refractivity contribution in [2.45, 2.75) is 65.8 Å². The van der Waals surface area contributed by atoms with Crippen LogP contribution >= 0.6 is 0 Å². The summed E-state index contributed by atoms with van der Waals surface area (Å²) >= 11 is 0. The van der Waals surface area contributed by atoms with Gasteiger partial charge in [0.2, 0.25) is 0 Å². The Bertz CT molecular complexity index is 445. The summed E-state index contributed by atoms with van der Waals surface area (Å²) in [6.45, 7) is 14.7. The van der Waals surface area contributed by atoms with Gasteiger partial charge in [0, 0.05) is 6.42 Å². The van der Waals surface area contributed by atoms with E-state index in [0.717, 1.165) is 25.1 Å². The van der Waals surface area contributed by atoms with E-state index < -0.39 is 0 Å². The Kier molecular flexibility index (Phi) is 6.60. The first-order chi connectivity index (χ1) is 9.88. The third kappa shape index (κ3) is 4.16. The molecule has 0 fully saturated rings. The molecule has 1 atom stereocenters. The van der Waals surface area contributed by atoms with Gasteiger partial charge in [-0.25, -0.2) is 0 Å². The molecule has 0 N–H and O–H groups in total. The average Bonchev–Trinajstić information content (AvgIpc) is 2.48. The first-order valence-corrected chi connectivity index (χ1v) is 8.26. The molecule has 0 aliphatic carbocycles. The monoisotopic (exact) mass is 289 g/mol. The van der Waals surface area contributed by atoms with Crippen molar-refractivity contribution in [3.8, 4) is 0 Å². The Balaban J connectivity index is 2.87. The molecule has 0 amide bonds. The van der Waals surface area contributed by atoms with Crippen molar-refractivity contribution < 1.29 is 4.79 Å². The van der Waals surface area contributed by atoms with Gasteiger partial charge in [-0.1, -0.05) is 58.9 Å². The molecule has 0 aromatic heterocycles. The summed E-state index contributed by atoms with van der Waals surface area (Å²) in [6.07, 6.45) is 1.39. The molecule has 0 saturated carbocycles. The number of likely N-dealkylation sites (N-methyl/N-ethyl adjacent to an activating group) is 1. The molecule has 0 heterocycles. The van der Waals surface area contributed by atoms with Crippen LogP contribution in [-0.4, -0.2) is 29.3 Å². The van der Waals surface area contributed by atoms with Gasteiger partial charge >= 0.3 is 0 Å². The van der Waals surface area contributed by atoms with Crippen LogP contribution in [0.25, 0.3) is 0 Å². The molecule has 2 heteroatoms. The van der Waals surface area contributed by atoms with E-state index >= 15 is 0 Å². The molecule has 0 spiro atoms. The summed E-state index contributed by atoms with van der Waals surface area (Å²) in [6, 6.07) is 8.50. The third-order valence-corrected chi connectivity index (χ3v) is 4.76. The Morgan fingerprint density at radius 3 is 2.00 bits per heavy atom. The quantitative estimate of drug-likeness (QED) is 0.705. The minimum absolute atomic E-state index is 0.325. The highest BCUT2D eigenvalue weighted by molar-refractivity contribution is 5.89. The fourth-order valence-electron chi connectivity index (χ4n) is 2.91. The van der Waals surface area contributed by atoms with Gasteiger partial charge in [-0.3, -0.25) is 9.69 Å². The smallest absolute Gasteiger partial charge is 0.157 e. The number of benzene rings is 1. The van der Waals surface area contributed by atoms with Crippen molar-refractivity contribution in [1.29, 1.82) is 0 Å². The van der Waals surface area contributed by atoms with Gasteiger partial charge in [-0.2, -0.15) is 0 Å². The maximum Gasteiger partial charge on any atom is 0.157 e. The summed E-state index contributed by atoms with van der Waals surface area (Å²) in [5, 5.41) is 0. The third-order valence-electron chi connectivity index (χ3n) is 4.76. The molecule has 0 saturated heterocycles. The fraction of sp³-hybridized carbons (Fsp3) is 0.632. The topological polar surface area (TPSA) is 20.3 Å². The lowest BCUT2D eigenvalue weighted by atomic mass is 9.87. The number of nitrogens with zero attached hydrogens (tertiary/aromatic N) is 1. The summed E-state index contributed by atoms with van der Waals surface area (Å²) < 4.78 is 0. The molecule has 1 unspecified atom stereocenters. The Labute approximate surface area is 130 Å². The number of carbonyl (C=O) groups is 1. The second-order valence-electron chi connectivity index (χ2n) is 6.30. The number of rotatable bonds is 8. The minimum Gasteiger partial charge on any atom is -0.297 e. The van der Waals surface area contributed by atoms with Gasteiger partial charge in [-0.05, 0) is 43.5 Å². The van der Waals surface area contributed by atoms with Gasteiger partial charge < -0.3 is 0 Å². The number of hydrogen-bond acceptors (Lipinski definition) is 2. The van der Waals surface area contributed by atoms with E-state index in [1.165, 1.54) is 5.56 Å². The second-order valence-corrected chi connectivity index (χ2v) is 6.30. The van der Waals surface area contributed by atoms with Crippen LogP contribution in [0.15, 0.2) is 24.3 Å². The van der Waals surface area contributed by atoms with E-state index in [4.69, 9.17) is 0 Å². The Morgan fingerprint density at radius 1 is 1.10 bits per heavy atom. The van der Waals surface area contributed by atoms with Gasteiger partial charge in [0.15, 0.2) is 5.78 Å². The van der Waals surface area contributed by atoms with Crippen molar-refractivity contribution in [3.63, 3.8) is 0 Å². The lowest BCUT2D eigenvalue weighted by Crippen LogP contribution is -2.52. The lowest BCUT2D eigenvalue weighted by Gasteiger charge is -2.38. The second kappa shape index (κ2) is 7.74. The number of hydrogen-bond donors (Lipinski definition) is 0. The molecule has 0 aliphatic rings. The lowest BCUT2D eigenvalue weighted by molar-refractivity contribution is -0.129. The predicted molar refractivity (Wildman–Crippen MR) is 90.9 cm³/mol. The van der Waals surface area contributed by atoms with Crippen LogP contribution in [0.2, 0.25) is 0 Å². The molecule has 0 radical (unpaired) electrons. The van der Waals surface area contributed by atoms with Crippen LogP contribution in [0, 0.1) is 0 Å². The molecule has 118 valence electrons. The zero-order chi connectivity index (χ0) is 16.0. The summed E-state index contributed by atoms with van der Waals surface area (Å²) in [5.41, 5.74) is 2.10. The van der Waals surface area contributed by atoms with Crippen LogP contribution in [0.5, 0.6) is 0 Å². The van der Waals surface area contributed by atoms with E-state index in [9.17, 15) is 4.79 Å². The SMILES string of the molecule is CCN(CC)C(C)(CC)C(=O)Cc1ccc(C(C)C)cc1. The number of carbonyl (C=O) groups excluding carboxylic acids is 1. The molecule has 0 bridgehead atoms. The molecular formula is C19H31NO. The van der Waals surface area contributed by atoms with Crippen LogP contribution in [-0.2, 0) is 11.2 Å². The van der Waals surface area contributed by atoms with E-state index in [2.05, 4.69) is 70.7 Å². The van der Waals surface area contributed by atoms with Crippen LogP contribution in [0.4, 0.5) is 0 Å². The fourth-order valence-corrected chi connectivity index (χ4v) is 2.91. The van der Waals surface area contributed by atoms with Crippen molar-refractivity contribution in [3.05, 3.63) is 35.4 Å². The van der Waals surface area contributed by atoms with Crippen LogP contribution in [0.3, 0.4) is 0 Å². The summed E-state index contributed by atoms with van der Waals surface area (Å²) in [4.78, 5) is 15.1. The molecule has 0 aliphatic heterocycles. The van der Waals surface area contributed by atoms with Crippen molar-refractivity contribution in [2.75, 3.05) is 13.1 Å². The molecule has 1 aromatic rings. The highest BCUT2D eigenvalue weighted by Crippen LogP contribution is 2.23. The van der Waals surface area contributed by atoms with Crippen LogP contribution < -0.4 is 0 Å². The summed E-state index contributed by atoms with van der Waals surface area (Å²) in [5.74, 6) is 0.859. The zero-order valence-electron chi connectivity index (χ0n) is 14.6. The van der Waals surface area contributed by atoms with Crippen molar-refractivity contribution in [1.82, 2.24) is 4.90 Å². The Morgan fingerprint density at radius 2 is 1.62 bits per heavy atom. The first kappa shape index (κ1) is 17.9.